The molecule has 0 aliphatic heterocycles. The SMILES string of the molecule is CC(C)c1cc(C(=O)Nc2ccccc2)c(NC(=O)[C@@H]2[C@@H](C(=O)O)[C@H]3C=C[C@H]2C3)s1. The first-order chi connectivity index (χ1) is 14.3. The van der Waals surface area contributed by atoms with Gasteiger partial charge >= 0.3 is 5.97 Å². The molecule has 2 amide bonds. The first-order valence-corrected chi connectivity index (χ1v) is 10.9. The van der Waals surface area contributed by atoms with E-state index in [-0.39, 0.29) is 29.6 Å². The minimum atomic E-state index is -0.942. The molecule has 2 aliphatic carbocycles. The Balaban J connectivity index is 1.59. The summed E-state index contributed by atoms with van der Waals surface area (Å²) in [5, 5.41) is 15.8. The van der Waals surface area contributed by atoms with Crippen molar-refractivity contribution in [1.29, 1.82) is 0 Å². The number of allylic oxidation sites excluding steroid dienone is 2. The van der Waals surface area contributed by atoms with Gasteiger partial charge in [-0.25, -0.2) is 0 Å². The Kier molecular flexibility index (Phi) is 5.47. The number of carbonyl (C=O) groups excluding carboxylic acids is 2. The van der Waals surface area contributed by atoms with Gasteiger partial charge in [-0.3, -0.25) is 14.4 Å². The number of benzene rings is 1. The van der Waals surface area contributed by atoms with Crippen molar-refractivity contribution in [3.8, 4) is 0 Å². The van der Waals surface area contributed by atoms with Crippen LogP contribution in [0.1, 0.15) is 41.4 Å². The van der Waals surface area contributed by atoms with Crippen LogP contribution < -0.4 is 10.6 Å². The van der Waals surface area contributed by atoms with Gasteiger partial charge in [0, 0.05) is 10.6 Å². The molecule has 2 aliphatic rings. The van der Waals surface area contributed by atoms with Crippen molar-refractivity contribution in [1.82, 2.24) is 0 Å². The van der Waals surface area contributed by atoms with E-state index in [4.69, 9.17) is 0 Å². The highest BCUT2D eigenvalue weighted by Crippen LogP contribution is 2.48. The van der Waals surface area contributed by atoms with Crippen molar-refractivity contribution in [2.45, 2.75) is 26.2 Å². The van der Waals surface area contributed by atoms with E-state index in [1.165, 1.54) is 11.3 Å². The molecule has 1 aromatic carbocycles. The molecule has 0 unspecified atom stereocenters. The molecule has 3 N–H and O–H groups in total. The van der Waals surface area contributed by atoms with Crippen molar-refractivity contribution in [2.24, 2.45) is 23.7 Å². The number of thiophene rings is 1. The lowest BCUT2D eigenvalue weighted by atomic mass is 9.82. The van der Waals surface area contributed by atoms with E-state index in [1.54, 1.807) is 18.2 Å². The summed E-state index contributed by atoms with van der Waals surface area (Å²) in [5.41, 5.74) is 1.06. The summed E-state index contributed by atoms with van der Waals surface area (Å²) in [7, 11) is 0. The molecular formula is C23H24N2O4S. The number of carboxylic acids is 1. The van der Waals surface area contributed by atoms with Crippen molar-refractivity contribution < 1.29 is 19.5 Å². The molecule has 0 saturated heterocycles. The van der Waals surface area contributed by atoms with Crippen LogP contribution in [0.4, 0.5) is 10.7 Å². The van der Waals surface area contributed by atoms with E-state index < -0.39 is 17.8 Å². The van der Waals surface area contributed by atoms with Gasteiger partial charge in [0.2, 0.25) is 5.91 Å². The topological polar surface area (TPSA) is 95.5 Å². The summed E-state index contributed by atoms with van der Waals surface area (Å²) < 4.78 is 0. The Morgan fingerprint density at radius 2 is 1.70 bits per heavy atom. The number of carbonyl (C=O) groups is 3. The Morgan fingerprint density at radius 3 is 2.33 bits per heavy atom. The van der Waals surface area contributed by atoms with Gasteiger partial charge in [0.15, 0.2) is 0 Å². The number of rotatable bonds is 6. The number of aliphatic carboxylic acids is 1. The Hall–Kier alpha value is -2.93. The van der Waals surface area contributed by atoms with Crippen LogP contribution in [0.15, 0.2) is 48.6 Å². The minimum absolute atomic E-state index is 0.0674. The molecule has 30 heavy (non-hydrogen) atoms. The average Bonchev–Trinajstić information content (AvgIpc) is 3.42. The highest BCUT2D eigenvalue weighted by Gasteiger charge is 2.51. The number of anilines is 2. The van der Waals surface area contributed by atoms with E-state index in [0.29, 0.717) is 22.7 Å². The Morgan fingerprint density at radius 1 is 1.03 bits per heavy atom. The normalized spacial score (nSPS) is 24.2. The van der Waals surface area contributed by atoms with Gasteiger partial charge in [-0.05, 0) is 42.4 Å². The van der Waals surface area contributed by atoms with E-state index in [9.17, 15) is 19.5 Å². The Bertz CT molecular complexity index is 1010. The fourth-order valence-electron chi connectivity index (χ4n) is 4.39. The number of carboxylic acid groups (broad SMARTS) is 1. The number of fused-ring (bicyclic) bond motifs is 2. The zero-order chi connectivity index (χ0) is 21.4. The number of hydrogen-bond acceptors (Lipinski definition) is 4. The van der Waals surface area contributed by atoms with Gasteiger partial charge in [-0.1, -0.05) is 44.2 Å². The molecule has 7 heteroatoms. The molecule has 1 heterocycles. The second-order valence-corrected chi connectivity index (χ2v) is 9.28. The standard InChI is InChI=1S/C23H24N2O4S/c1-12(2)17-11-16(20(26)24-15-6-4-3-5-7-15)22(30-17)25-21(27)18-13-8-9-14(10-13)19(18)23(28)29/h3-9,11-14,18-19H,10H2,1-2H3,(H,24,26)(H,25,27)(H,28,29)/t13-,14-,18-,19-/m0/s1. The van der Waals surface area contributed by atoms with Crippen molar-refractivity contribution in [3.63, 3.8) is 0 Å². The molecule has 0 radical (unpaired) electrons. The number of hydrogen-bond donors (Lipinski definition) is 3. The molecule has 2 bridgehead atoms. The van der Waals surface area contributed by atoms with E-state index >= 15 is 0 Å². The summed E-state index contributed by atoms with van der Waals surface area (Å²) in [6, 6.07) is 10.9. The van der Waals surface area contributed by atoms with Gasteiger partial charge in [0.25, 0.3) is 5.91 Å². The predicted molar refractivity (Wildman–Crippen MR) is 117 cm³/mol. The van der Waals surface area contributed by atoms with E-state index in [0.717, 1.165) is 4.88 Å². The van der Waals surface area contributed by atoms with Crippen LogP contribution in [-0.2, 0) is 9.59 Å². The summed E-state index contributed by atoms with van der Waals surface area (Å²) in [4.78, 5) is 38.7. The quantitative estimate of drug-likeness (QED) is 0.591. The third kappa shape index (κ3) is 3.77. The van der Waals surface area contributed by atoms with Crippen LogP contribution in [0.2, 0.25) is 0 Å². The number of para-hydroxylation sites is 1. The monoisotopic (exact) mass is 424 g/mol. The summed E-state index contributed by atoms with van der Waals surface area (Å²) >= 11 is 1.37. The summed E-state index contributed by atoms with van der Waals surface area (Å²) in [6.45, 7) is 4.05. The highest BCUT2D eigenvalue weighted by molar-refractivity contribution is 7.16. The molecule has 6 nitrogen and oxygen atoms in total. The average molecular weight is 425 g/mol. The minimum Gasteiger partial charge on any atom is -0.481 e. The number of amides is 2. The fraction of sp³-hybridized carbons (Fsp3) is 0.348. The smallest absolute Gasteiger partial charge is 0.307 e. The molecule has 4 rings (SSSR count). The van der Waals surface area contributed by atoms with Crippen LogP contribution in [0.3, 0.4) is 0 Å². The van der Waals surface area contributed by atoms with Crippen LogP contribution in [0.25, 0.3) is 0 Å². The first kappa shape index (κ1) is 20.3. The molecule has 2 aromatic rings. The largest absolute Gasteiger partial charge is 0.481 e. The van der Waals surface area contributed by atoms with Crippen LogP contribution >= 0.6 is 11.3 Å². The van der Waals surface area contributed by atoms with Gasteiger partial charge < -0.3 is 15.7 Å². The van der Waals surface area contributed by atoms with Gasteiger partial charge in [-0.2, -0.15) is 0 Å². The first-order valence-electron chi connectivity index (χ1n) is 10.1. The number of nitrogens with one attached hydrogen (secondary N) is 2. The molecule has 156 valence electrons. The third-order valence-corrected chi connectivity index (χ3v) is 7.23. The maximum atomic E-state index is 13.1. The van der Waals surface area contributed by atoms with E-state index in [2.05, 4.69) is 10.6 Å². The molecule has 1 fully saturated rings. The van der Waals surface area contributed by atoms with Crippen LogP contribution in [0.5, 0.6) is 0 Å². The Labute approximate surface area is 179 Å². The lowest BCUT2D eigenvalue weighted by Gasteiger charge is -2.23. The van der Waals surface area contributed by atoms with Crippen molar-refractivity contribution in [3.05, 3.63) is 59.0 Å². The lowest BCUT2D eigenvalue weighted by Crippen LogP contribution is -2.36. The summed E-state index contributed by atoms with van der Waals surface area (Å²) in [5.74, 6) is -2.88. The van der Waals surface area contributed by atoms with Crippen LogP contribution in [-0.4, -0.2) is 22.9 Å². The second-order valence-electron chi connectivity index (χ2n) is 8.19. The van der Waals surface area contributed by atoms with Crippen LogP contribution in [0, 0.1) is 23.7 Å². The van der Waals surface area contributed by atoms with Crippen molar-refractivity contribution >= 4 is 39.8 Å². The van der Waals surface area contributed by atoms with Gasteiger partial charge in [0.05, 0.1) is 17.4 Å². The molecule has 4 atom stereocenters. The molecule has 1 aromatic heterocycles. The third-order valence-electron chi connectivity index (χ3n) is 5.88. The maximum absolute atomic E-state index is 13.1. The zero-order valence-electron chi connectivity index (χ0n) is 16.8. The fourth-order valence-corrected chi connectivity index (χ4v) is 5.45. The van der Waals surface area contributed by atoms with Gasteiger partial charge in [-0.15, -0.1) is 11.3 Å². The zero-order valence-corrected chi connectivity index (χ0v) is 17.6. The molecule has 0 spiro atoms. The highest BCUT2D eigenvalue weighted by atomic mass is 32.1. The second kappa shape index (κ2) is 8.07. The maximum Gasteiger partial charge on any atom is 0.307 e. The molecular weight excluding hydrogens is 400 g/mol. The predicted octanol–water partition coefficient (Wildman–Crippen LogP) is 4.59. The van der Waals surface area contributed by atoms with Gasteiger partial charge in [0.1, 0.15) is 5.00 Å². The van der Waals surface area contributed by atoms with E-state index in [1.807, 2.05) is 44.2 Å². The molecule has 1 saturated carbocycles. The lowest BCUT2D eigenvalue weighted by molar-refractivity contribution is -0.146. The summed E-state index contributed by atoms with van der Waals surface area (Å²) in [6.07, 6.45) is 4.55. The van der Waals surface area contributed by atoms with Crippen molar-refractivity contribution in [2.75, 3.05) is 10.6 Å².